The van der Waals surface area contributed by atoms with Crippen molar-refractivity contribution < 1.29 is 33.0 Å². The van der Waals surface area contributed by atoms with E-state index in [0.29, 0.717) is 26.1 Å². The zero-order chi connectivity index (χ0) is 45.3. The van der Waals surface area contributed by atoms with Gasteiger partial charge < -0.3 is 23.4 Å². The molecule has 0 aliphatic carbocycles. The molecule has 0 aromatic heterocycles. The summed E-state index contributed by atoms with van der Waals surface area (Å²) in [6.45, 7) is 31.1. The minimum absolute atomic E-state index is 0.0740. The Labute approximate surface area is 374 Å². The van der Waals surface area contributed by atoms with Gasteiger partial charge in [-0.15, -0.1) is 0 Å². The highest BCUT2D eigenvalue weighted by Gasteiger charge is 2.41. The van der Waals surface area contributed by atoms with Crippen molar-refractivity contribution in [2.75, 3.05) is 39.5 Å². The second-order valence-electron chi connectivity index (χ2n) is 20.4. The van der Waals surface area contributed by atoms with Gasteiger partial charge in [0, 0.05) is 32.5 Å². The number of allylic oxidation sites excluding steroid dienone is 2. The number of carbonyl (C=O) groups is 2. The fourth-order valence-electron chi connectivity index (χ4n) is 6.65. The van der Waals surface area contributed by atoms with Crippen LogP contribution < -0.4 is 0 Å². The molecule has 0 saturated heterocycles. The van der Waals surface area contributed by atoms with Crippen molar-refractivity contribution in [3.63, 3.8) is 0 Å². The molecule has 0 aliphatic heterocycles. The van der Waals surface area contributed by atoms with Crippen LogP contribution in [0.4, 0.5) is 0 Å². The summed E-state index contributed by atoms with van der Waals surface area (Å²) in [5.41, 5.74) is 0. The molecule has 8 nitrogen and oxygen atoms in total. The molecule has 0 radical (unpaired) electrons. The van der Waals surface area contributed by atoms with Crippen LogP contribution in [0.1, 0.15) is 197 Å². The maximum absolute atomic E-state index is 12.4. The second kappa shape index (κ2) is 34.1. The predicted octanol–water partition coefficient (Wildman–Crippen LogP) is 13.9. The molecular formula is C50H99NO7Si2. The summed E-state index contributed by atoms with van der Waals surface area (Å²) in [6, 6.07) is 0. The van der Waals surface area contributed by atoms with E-state index in [9.17, 15) is 14.7 Å². The Hall–Kier alpha value is -1.31. The molecule has 0 rings (SSSR count). The number of rotatable bonds is 38. The van der Waals surface area contributed by atoms with Crippen molar-refractivity contribution in [3.8, 4) is 0 Å². The van der Waals surface area contributed by atoms with Gasteiger partial charge in [-0.1, -0.05) is 144 Å². The first kappa shape index (κ1) is 58.7. The van der Waals surface area contributed by atoms with Gasteiger partial charge in [-0.25, -0.2) is 0 Å². The largest absolute Gasteiger partial charge is 0.461 e. The molecule has 0 bridgehead atoms. The van der Waals surface area contributed by atoms with E-state index in [4.69, 9.17) is 18.3 Å². The molecule has 60 heavy (non-hydrogen) atoms. The molecule has 1 N–H and O–H groups in total. The molecule has 354 valence electrons. The standard InChI is InChI=1S/C50H99NO7Si2/c1-13-15-17-19-21-23-33-41-55-47(53)37-29-25-27-35-45(57-59(9,10)49(3,4)5)43-51(39-31-32-40-52)44-46(58-60(11,12)50(6,7)8)36-28-26-30-38-48(54)56-42-34-24-22-20-18-16-14-2/h23-24,33-34,45-46,52H,13-22,25-32,35-44H2,1-12H3/b33-23-,34-24-. The van der Waals surface area contributed by atoms with Crippen molar-refractivity contribution in [1.82, 2.24) is 4.90 Å². The number of ether oxygens (including phenoxy) is 2. The Balaban J connectivity index is 5.57. The molecule has 0 amide bonds. The van der Waals surface area contributed by atoms with E-state index in [1.807, 2.05) is 12.2 Å². The lowest BCUT2D eigenvalue weighted by Crippen LogP contribution is -2.50. The van der Waals surface area contributed by atoms with Crippen LogP contribution in [0.5, 0.6) is 0 Å². The summed E-state index contributed by atoms with van der Waals surface area (Å²) in [5.74, 6) is -0.225. The number of aliphatic hydroxyl groups excluding tert-OH is 1. The van der Waals surface area contributed by atoms with Crippen molar-refractivity contribution in [2.24, 2.45) is 0 Å². The molecule has 0 aliphatic rings. The molecule has 0 spiro atoms. The monoisotopic (exact) mass is 882 g/mol. The fraction of sp³-hybridized carbons (Fsp3) is 0.880. The van der Waals surface area contributed by atoms with Crippen LogP contribution in [0.3, 0.4) is 0 Å². The van der Waals surface area contributed by atoms with Crippen molar-refractivity contribution in [2.45, 2.75) is 245 Å². The SMILES string of the molecule is CCCCCC/C=C\COC(=O)CCCCCC(CN(CCCCO)CC(CCCCCC(=O)OC/C=C\CCCCCC)O[Si](C)(C)C(C)(C)C)O[Si](C)(C)C(C)(C)C. The molecule has 0 fully saturated rings. The van der Waals surface area contributed by atoms with E-state index in [-0.39, 0.29) is 40.8 Å². The van der Waals surface area contributed by atoms with Gasteiger partial charge >= 0.3 is 11.9 Å². The highest BCUT2D eigenvalue weighted by molar-refractivity contribution is 6.74. The van der Waals surface area contributed by atoms with Crippen LogP contribution >= 0.6 is 0 Å². The number of unbranched alkanes of at least 4 members (excludes halogenated alkanes) is 13. The summed E-state index contributed by atoms with van der Waals surface area (Å²) in [5, 5.41) is 9.90. The maximum atomic E-state index is 12.4. The van der Waals surface area contributed by atoms with Crippen molar-refractivity contribution in [3.05, 3.63) is 24.3 Å². The topological polar surface area (TPSA) is 94.5 Å². The lowest BCUT2D eigenvalue weighted by molar-refractivity contribution is -0.143. The lowest BCUT2D eigenvalue weighted by Gasteiger charge is -2.42. The highest BCUT2D eigenvalue weighted by Crippen LogP contribution is 2.39. The minimum atomic E-state index is -2.07. The van der Waals surface area contributed by atoms with E-state index in [1.165, 1.54) is 51.4 Å². The normalized spacial score (nSPS) is 14.1. The number of carbonyl (C=O) groups excluding carboxylic acids is 2. The molecule has 2 unspecified atom stereocenters. The number of esters is 2. The third-order valence-corrected chi connectivity index (χ3v) is 21.7. The molecule has 2 atom stereocenters. The van der Waals surface area contributed by atoms with Crippen LogP contribution in [-0.2, 0) is 27.9 Å². The van der Waals surface area contributed by atoms with Crippen LogP contribution in [0, 0.1) is 0 Å². The summed E-state index contributed by atoms with van der Waals surface area (Å²) < 4.78 is 25.3. The smallest absolute Gasteiger partial charge is 0.306 e. The zero-order valence-electron chi connectivity index (χ0n) is 41.6. The lowest BCUT2D eigenvalue weighted by atomic mass is 10.1. The average molecular weight is 883 g/mol. The van der Waals surface area contributed by atoms with Crippen LogP contribution in [0.15, 0.2) is 24.3 Å². The average Bonchev–Trinajstić information content (AvgIpc) is 3.15. The summed E-state index contributed by atoms with van der Waals surface area (Å²) in [4.78, 5) is 27.4. The molecule has 0 saturated carbocycles. The van der Waals surface area contributed by atoms with Gasteiger partial charge in [-0.3, -0.25) is 14.5 Å². The Morgan fingerprint density at radius 3 is 1.32 bits per heavy atom. The van der Waals surface area contributed by atoms with Crippen molar-refractivity contribution in [1.29, 1.82) is 0 Å². The van der Waals surface area contributed by atoms with Gasteiger partial charge in [0.05, 0.1) is 12.2 Å². The van der Waals surface area contributed by atoms with Gasteiger partial charge in [0.2, 0.25) is 0 Å². The predicted molar refractivity (Wildman–Crippen MR) is 261 cm³/mol. The highest BCUT2D eigenvalue weighted by atomic mass is 28.4. The molecule has 0 heterocycles. The third-order valence-electron chi connectivity index (χ3n) is 12.6. The zero-order valence-corrected chi connectivity index (χ0v) is 43.6. The number of aliphatic hydroxyl groups is 1. The first-order chi connectivity index (χ1) is 28.3. The molecule has 0 aromatic rings. The third kappa shape index (κ3) is 30.7. The molecule has 0 aromatic carbocycles. The Morgan fingerprint density at radius 1 is 0.550 bits per heavy atom. The first-order valence-corrected chi connectivity index (χ1v) is 30.4. The van der Waals surface area contributed by atoms with Gasteiger partial charge in [0.15, 0.2) is 16.6 Å². The van der Waals surface area contributed by atoms with Crippen molar-refractivity contribution >= 4 is 28.6 Å². The van der Waals surface area contributed by atoms with Crippen LogP contribution in [0.25, 0.3) is 0 Å². The van der Waals surface area contributed by atoms with E-state index < -0.39 is 16.6 Å². The van der Waals surface area contributed by atoms with E-state index in [2.05, 4.69) is 98.6 Å². The van der Waals surface area contributed by atoms with Gasteiger partial charge in [0.1, 0.15) is 13.2 Å². The van der Waals surface area contributed by atoms with E-state index in [0.717, 1.165) is 96.7 Å². The minimum Gasteiger partial charge on any atom is -0.461 e. The Bertz CT molecular complexity index is 1050. The number of nitrogens with zero attached hydrogens (tertiary/aromatic N) is 1. The molecular weight excluding hydrogens is 783 g/mol. The first-order valence-electron chi connectivity index (χ1n) is 24.6. The van der Waals surface area contributed by atoms with Gasteiger partial charge in [-0.05, 0) is 107 Å². The van der Waals surface area contributed by atoms with Gasteiger partial charge in [0.25, 0.3) is 0 Å². The van der Waals surface area contributed by atoms with Crippen LogP contribution in [-0.4, -0.2) is 90.2 Å². The van der Waals surface area contributed by atoms with E-state index >= 15 is 0 Å². The van der Waals surface area contributed by atoms with Gasteiger partial charge in [-0.2, -0.15) is 0 Å². The fourth-order valence-corrected chi connectivity index (χ4v) is 9.41. The second-order valence-corrected chi connectivity index (χ2v) is 29.9. The summed E-state index contributed by atoms with van der Waals surface area (Å²) in [7, 11) is -4.13. The van der Waals surface area contributed by atoms with Crippen LogP contribution in [0.2, 0.25) is 36.3 Å². The maximum Gasteiger partial charge on any atom is 0.306 e. The Kier molecular flexibility index (Phi) is 33.4. The molecule has 10 heteroatoms. The number of hydrogen-bond acceptors (Lipinski definition) is 8. The summed E-state index contributed by atoms with van der Waals surface area (Å²) >= 11 is 0. The quantitative estimate of drug-likeness (QED) is 0.0284. The summed E-state index contributed by atoms with van der Waals surface area (Å²) in [6.07, 6.45) is 30.5. The Morgan fingerprint density at radius 2 is 0.950 bits per heavy atom. The number of hydrogen-bond donors (Lipinski definition) is 1. The van der Waals surface area contributed by atoms with E-state index in [1.54, 1.807) is 0 Å².